The second kappa shape index (κ2) is 3.64. The first-order chi connectivity index (χ1) is 8.43. The van der Waals surface area contributed by atoms with E-state index in [1.807, 2.05) is 0 Å². The zero-order valence-corrected chi connectivity index (χ0v) is 9.98. The molecule has 0 saturated carbocycles. The van der Waals surface area contributed by atoms with Crippen molar-refractivity contribution in [3.63, 3.8) is 0 Å². The van der Waals surface area contributed by atoms with Crippen LogP contribution in [0.5, 0.6) is 5.75 Å². The molecule has 1 N–H and O–H groups in total. The average Bonchev–Trinajstić information content (AvgIpc) is 2.73. The lowest BCUT2D eigenvalue weighted by Crippen LogP contribution is -2.37. The molecule has 1 aromatic rings. The van der Waals surface area contributed by atoms with Crippen molar-refractivity contribution >= 4 is 5.69 Å². The highest BCUT2D eigenvalue weighted by Crippen LogP contribution is 2.45. The molecular formula is C14H18N2O. The molecule has 0 bridgehead atoms. The maximum atomic E-state index is 5.88. The van der Waals surface area contributed by atoms with Crippen LogP contribution < -0.4 is 15.0 Å². The molecule has 1 fully saturated rings. The minimum absolute atomic E-state index is 0.697. The molecule has 4 rings (SSSR count). The van der Waals surface area contributed by atoms with Crippen molar-refractivity contribution in [3.05, 3.63) is 23.8 Å². The maximum absolute atomic E-state index is 5.88. The first-order valence-electron chi connectivity index (χ1n) is 6.65. The zero-order chi connectivity index (χ0) is 11.2. The Morgan fingerprint density at radius 2 is 2.29 bits per heavy atom. The topological polar surface area (TPSA) is 24.5 Å². The van der Waals surface area contributed by atoms with Gasteiger partial charge in [-0.25, -0.2) is 0 Å². The molecule has 0 amide bonds. The molecule has 3 aliphatic heterocycles. The van der Waals surface area contributed by atoms with Gasteiger partial charge in [-0.3, -0.25) is 0 Å². The number of anilines is 1. The predicted octanol–water partition coefficient (Wildman–Crippen LogP) is 1.59. The highest BCUT2D eigenvalue weighted by Gasteiger charge is 2.38. The van der Waals surface area contributed by atoms with Crippen molar-refractivity contribution in [2.24, 2.45) is 5.92 Å². The number of ether oxygens (including phenoxy) is 1. The van der Waals surface area contributed by atoms with Gasteiger partial charge in [0.05, 0.1) is 12.3 Å². The van der Waals surface area contributed by atoms with Crippen molar-refractivity contribution in [2.75, 3.05) is 37.7 Å². The highest BCUT2D eigenvalue weighted by atomic mass is 16.5. The van der Waals surface area contributed by atoms with E-state index in [0.717, 1.165) is 37.8 Å². The van der Waals surface area contributed by atoms with E-state index >= 15 is 0 Å². The molecule has 3 nitrogen and oxygen atoms in total. The number of hydrogen-bond donors (Lipinski definition) is 1. The summed E-state index contributed by atoms with van der Waals surface area (Å²) in [5.41, 5.74) is 2.89. The van der Waals surface area contributed by atoms with Crippen molar-refractivity contribution in [1.29, 1.82) is 0 Å². The van der Waals surface area contributed by atoms with Gasteiger partial charge in [-0.15, -0.1) is 0 Å². The molecule has 0 radical (unpaired) electrons. The van der Waals surface area contributed by atoms with Gasteiger partial charge < -0.3 is 15.0 Å². The molecule has 1 saturated heterocycles. The number of para-hydroxylation sites is 1. The fourth-order valence-electron chi connectivity index (χ4n) is 3.60. The Balaban J connectivity index is 1.88. The minimum Gasteiger partial charge on any atom is -0.491 e. The standard InChI is InChI=1S/C14H18N2O/c1-3-11-12-8-15-7-10(12)9-16-5-2-6-17-13(4-1)14(11)16/h1,3-4,10,12,15H,2,5-9H2/t10-,12-/m0/s1. The number of rotatable bonds is 0. The zero-order valence-electron chi connectivity index (χ0n) is 9.98. The number of nitrogens with one attached hydrogen (secondary N) is 1. The molecule has 3 heterocycles. The van der Waals surface area contributed by atoms with Gasteiger partial charge in [0.15, 0.2) is 0 Å². The summed E-state index contributed by atoms with van der Waals surface area (Å²) in [5.74, 6) is 2.59. The molecule has 1 aromatic carbocycles. The Bertz CT molecular complexity index is 446. The van der Waals surface area contributed by atoms with Gasteiger partial charge in [-0.1, -0.05) is 12.1 Å². The minimum atomic E-state index is 0.697. The third-order valence-corrected chi connectivity index (χ3v) is 4.37. The second-order valence-corrected chi connectivity index (χ2v) is 5.37. The van der Waals surface area contributed by atoms with Crippen LogP contribution in [0.4, 0.5) is 5.69 Å². The molecule has 0 aliphatic carbocycles. The molecule has 90 valence electrons. The Morgan fingerprint density at radius 1 is 1.29 bits per heavy atom. The van der Waals surface area contributed by atoms with Crippen LogP contribution in [-0.2, 0) is 0 Å². The largest absolute Gasteiger partial charge is 0.491 e. The summed E-state index contributed by atoms with van der Waals surface area (Å²) < 4.78 is 5.88. The van der Waals surface area contributed by atoms with Crippen LogP contribution >= 0.6 is 0 Å². The Hall–Kier alpha value is -1.22. The molecule has 0 unspecified atom stereocenters. The van der Waals surface area contributed by atoms with Gasteiger partial charge in [0.2, 0.25) is 0 Å². The molecule has 0 aromatic heterocycles. The molecule has 3 heteroatoms. The normalized spacial score (nSPS) is 30.2. The Kier molecular flexibility index (Phi) is 2.09. The van der Waals surface area contributed by atoms with Gasteiger partial charge >= 0.3 is 0 Å². The third kappa shape index (κ3) is 1.38. The average molecular weight is 230 g/mol. The summed E-state index contributed by atoms with van der Waals surface area (Å²) >= 11 is 0. The fraction of sp³-hybridized carbons (Fsp3) is 0.571. The first-order valence-corrected chi connectivity index (χ1v) is 6.65. The van der Waals surface area contributed by atoms with Gasteiger partial charge in [0.25, 0.3) is 0 Å². The van der Waals surface area contributed by atoms with Crippen LogP contribution in [-0.4, -0.2) is 32.8 Å². The monoisotopic (exact) mass is 230 g/mol. The second-order valence-electron chi connectivity index (χ2n) is 5.37. The number of fused-ring (bicyclic) bond motifs is 2. The Morgan fingerprint density at radius 3 is 3.29 bits per heavy atom. The van der Waals surface area contributed by atoms with Crippen LogP contribution in [0.25, 0.3) is 0 Å². The molecule has 0 spiro atoms. The van der Waals surface area contributed by atoms with E-state index in [9.17, 15) is 0 Å². The molecule has 2 atom stereocenters. The van der Waals surface area contributed by atoms with E-state index in [4.69, 9.17) is 4.74 Å². The van der Waals surface area contributed by atoms with E-state index in [1.54, 1.807) is 0 Å². The maximum Gasteiger partial charge on any atom is 0.142 e. The van der Waals surface area contributed by atoms with Crippen molar-refractivity contribution in [3.8, 4) is 5.75 Å². The summed E-state index contributed by atoms with van der Waals surface area (Å²) in [7, 11) is 0. The van der Waals surface area contributed by atoms with E-state index in [2.05, 4.69) is 28.4 Å². The van der Waals surface area contributed by atoms with Gasteiger partial charge in [-0.05, 0) is 24.0 Å². The lowest BCUT2D eigenvalue weighted by Gasteiger charge is -2.37. The van der Waals surface area contributed by atoms with Crippen LogP contribution in [0.1, 0.15) is 17.9 Å². The summed E-state index contributed by atoms with van der Waals surface area (Å²) in [6, 6.07) is 6.57. The summed E-state index contributed by atoms with van der Waals surface area (Å²) in [4.78, 5) is 2.55. The SMILES string of the molecule is c1cc2c3c(c1)[C@H]1CNC[C@H]1CN3CCCO2. The predicted molar refractivity (Wildman–Crippen MR) is 67.9 cm³/mol. The highest BCUT2D eigenvalue weighted by molar-refractivity contribution is 5.67. The number of benzene rings is 1. The fourth-order valence-corrected chi connectivity index (χ4v) is 3.60. The lowest BCUT2D eigenvalue weighted by atomic mass is 9.83. The van der Waals surface area contributed by atoms with Crippen LogP contribution in [0.15, 0.2) is 18.2 Å². The Labute approximate surface area is 102 Å². The van der Waals surface area contributed by atoms with E-state index in [1.165, 1.54) is 24.3 Å². The van der Waals surface area contributed by atoms with Gasteiger partial charge in [0, 0.05) is 32.1 Å². The quantitative estimate of drug-likeness (QED) is 0.732. The third-order valence-electron chi connectivity index (χ3n) is 4.37. The molecule has 17 heavy (non-hydrogen) atoms. The van der Waals surface area contributed by atoms with Crippen molar-refractivity contribution in [1.82, 2.24) is 5.32 Å². The van der Waals surface area contributed by atoms with Crippen molar-refractivity contribution < 1.29 is 4.74 Å². The van der Waals surface area contributed by atoms with E-state index < -0.39 is 0 Å². The summed E-state index contributed by atoms with van der Waals surface area (Å²) in [6.45, 7) is 5.51. The van der Waals surface area contributed by atoms with Crippen molar-refractivity contribution in [2.45, 2.75) is 12.3 Å². The van der Waals surface area contributed by atoms with Crippen LogP contribution in [0.3, 0.4) is 0 Å². The summed E-state index contributed by atoms with van der Waals surface area (Å²) in [5, 5.41) is 3.54. The molecule has 3 aliphatic rings. The van der Waals surface area contributed by atoms with Crippen LogP contribution in [0, 0.1) is 5.92 Å². The smallest absolute Gasteiger partial charge is 0.142 e. The van der Waals surface area contributed by atoms with Crippen LogP contribution in [0.2, 0.25) is 0 Å². The van der Waals surface area contributed by atoms with E-state index in [-0.39, 0.29) is 0 Å². The summed E-state index contributed by atoms with van der Waals surface area (Å²) in [6.07, 6.45) is 1.14. The number of nitrogens with zero attached hydrogens (tertiary/aromatic N) is 1. The lowest BCUT2D eigenvalue weighted by molar-refractivity contribution is 0.322. The number of hydrogen-bond acceptors (Lipinski definition) is 3. The van der Waals surface area contributed by atoms with Gasteiger partial charge in [0.1, 0.15) is 5.75 Å². The molecular weight excluding hydrogens is 212 g/mol. The van der Waals surface area contributed by atoms with E-state index in [0.29, 0.717) is 5.92 Å². The van der Waals surface area contributed by atoms with Gasteiger partial charge in [-0.2, -0.15) is 0 Å². The first kappa shape index (κ1) is 9.77.